The maximum absolute atomic E-state index is 14.0. The molecule has 1 aromatic carbocycles. The number of nitrogens with two attached hydrogens (primary N) is 1. The number of ketones is 2. The van der Waals surface area contributed by atoms with E-state index < -0.39 is 58.0 Å². The van der Waals surface area contributed by atoms with Crippen LogP contribution in [0.25, 0.3) is 0 Å². The van der Waals surface area contributed by atoms with Crippen molar-refractivity contribution in [3.8, 4) is 5.75 Å². The highest BCUT2D eigenvalue weighted by atomic mass is 16.3. The number of allylic oxidation sites excluding steroid dienone is 1. The highest BCUT2D eigenvalue weighted by molar-refractivity contribution is 6.24. The Hall–Kier alpha value is -3.41. The molecule has 1 fully saturated rings. The third kappa shape index (κ3) is 4.02. The van der Waals surface area contributed by atoms with Crippen LogP contribution in [-0.4, -0.2) is 89.2 Å². The van der Waals surface area contributed by atoms with Gasteiger partial charge < -0.3 is 36.4 Å². The molecule has 0 radical (unpaired) electrons. The van der Waals surface area contributed by atoms with Crippen LogP contribution >= 0.6 is 0 Å². The van der Waals surface area contributed by atoms with Gasteiger partial charge in [-0.1, -0.05) is 0 Å². The van der Waals surface area contributed by atoms with Crippen molar-refractivity contribution in [2.45, 2.75) is 43.9 Å². The van der Waals surface area contributed by atoms with E-state index in [1.54, 1.807) is 14.1 Å². The number of Topliss-reactive ketones (excluding diaryl/α,β-unsaturated/α-hetero) is 2. The lowest BCUT2D eigenvalue weighted by atomic mass is 9.58. The molecule has 11 nitrogen and oxygen atoms in total. The summed E-state index contributed by atoms with van der Waals surface area (Å²) < 4.78 is 0. The van der Waals surface area contributed by atoms with Crippen LogP contribution in [0.1, 0.15) is 40.7 Å². The van der Waals surface area contributed by atoms with Gasteiger partial charge in [0.15, 0.2) is 11.4 Å². The predicted octanol–water partition coefficient (Wildman–Crippen LogP) is 0.686. The van der Waals surface area contributed by atoms with Gasteiger partial charge in [-0.15, -0.1) is 0 Å². The largest absolute Gasteiger partial charge is 0.510 e. The second-order valence-electron chi connectivity index (χ2n) is 11.7. The van der Waals surface area contributed by atoms with Gasteiger partial charge in [0, 0.05) is 43.4 Å². The van der Waals surface area contributed by atoms with Gasteiger partial charge in [0.05, 0.1) is 11.6 Å². The molecule has 0 saturated heterocycles. The predicted molar refractivity (Wildman–Crippen MR) is 142 cm³/mol. The highest BCUT2D eigenvalue weighted by Crippen LogP contribution is 2.53. The van der Waals surface area contributed by atoms with E-state index in [-0.39, 0.29) is 29.7 Å². The number of likely N-dealkylation sites (N-methyl/N-ethyl adjacent to an activating group) is 1. The number of hydrogen-bond acceptors (Lipinski definition) is 10. The third-order valence-electron chi connectivity index (χ3n) is 8.71. The first-order chi connectivity index (χ1) is 18.3. The molecule has 0 aromatic heterocycles. The van der Waals surface area contributed by atoms with Crippen LogP contribution < -0.4 is 16.0 Å². The molecular formula is C28H36N4O7. The van der Waals surface area contributed by atoms with Gasteiger partial charge >= 0.3 is 0 Å². The minimum atomic E-state index is -2.64. The van der Waals surface area contributed by atoms with Gasteiger partial charge in [-0.25, -0.2) is 0 Å². The Labute approximate surface area is 226 Å². The van der Waals surface area contributed by atoms with Crippen molar-refractivity contribution in [3.63, 3.8) is 0 Å². The topological polar surface area (TPSA) is 177 Å². The molecule has 0 aliphatic heterocycles. The van der Waals surface area contributed by atoms with Crippen LogP contribution in [0.5, 0.6) is 5.75 Å². The van der Waals surface area contributed by atoms with Crippen LogP contribution in [0.4, 0.5) is 5.69 Å². The Balaban J connectivity index is 1.65. The Bertz CT molecular complexity index is 1340. The number of primary amides is 1. The Morgan fingerprint density at radius 2 is 1.82 bits per heavy atom. The van der Waals surface area contributed by atoms with Gasteiger partial charge in [-0.2, -0.15) is 0 Å². The normalized spacial score (nSPS) is 28.4. The smallest absolute Gasteiger partial charge is 0.255 e. The number of amides is 1. The fourth-order valence-electron chi connectivity index (χ4n) is 6.62. The van der Waals surface area contributed by atoms with E-state index in [1.165, 1.54) is 17.7 Å². The molecule has 11 heteroatoms. The van der Waals surface area contributed by atoms with Crippen LogP contribution in [0.2, 0.25) is 0 Å². The Morgan fingerprint density at radius 1 is 1.15 bits per heavy atom. The van der Waals surface area contributed by atoms with Crippen LogP contribution in [0.3, 0.4) is 0 Å². The second kappa shape index (κ2) is 9.35. The summed E-state index contributed by atoms with van der Waals surface area (Å²) in [4.78, 5) is 43.0. The minimum absolute atomic E-state index is 0.0326. The van der Waals surface area contributed by atoms with Crippen molar-refractivity contribution >= 4 is 23.2 Å². The SMILES string of the molecule is CN(C)c1cc(CNCC2CC2)c(O)c2c1C[C@H]1C[C@H]3[C@H](N(C)C)C(O)=C(C(N)=O)C(=O)[C@@]3(O)C(O)=C1C2=O. The number of nitrogens with one attached hydrogen (secondary N) is 1. The summed E-state index contributed by atoms with van der Waals surface area (Å²) in [7, 11) is 6.90. The van der Waals surface area contributed by atoms with E-state index in [9.17, 15) is 34.8 Å². The van der Waals surface area contributed by atoms with E-state index >= 15 is 0 Å². The van der Waals surface area contributed by atoms with E-state index in [0.29, 0.717) is 23.6 Å². The van der Waals surface area contributed by atoms with Gasteiger partial charge in [-0.3, -0.25) is 19.3 Å². The number of anilines is 1. The van der Waals surface area contributed by atoms with Crippen LogP contribution in [0.15, 0.2) is 28.7 Å². The van der Waals surface area contributed by atoms with Crippen LogP contribution in [0, 0.1) is 17.8 Å². The molecule has 0 heterocycles. The number of hydrogen-bond donors (Lipinski definition) is 6. The first-order valence-corrected chi connectivity index (χ1v) is 13.2. The lowest BCUT2D eigenvalue weighted by molar-refractivity contribution is -0.148. The van der Waals surface area contributed by atoms with Gasteiger partial charge in [-0.05, 0) is 69.8 Å². The zero-order valence-corrected chi connectivity index (χ0v) is 22.6. The second-order valence-corrected chi connectivity index (χ2v) is 11.7. The van der Waals surface area contributed by atoms with Crippen molar-refractivity contribution in [2.75, 3.05) is 39.6 Å². The van der Waals surface area contributed by atoms with E-state index in [2.05, 4.69) is 5.32 Å². The highest BCUT2D eigenvalue weighted by Gasteiger charge is 2.63. The van der Waals surface area contributed by atoms with Crippen molar-refractivity contribution in [1.29, 1.82) is 0 Å². The fraction of sp³-hybridized carbons (Fsp3) is 0.536. The molecule has 1 saturated carbocycles. The number of aromatic hydroxyl groups is 1. The average molecular weight is 541 g/mol. The number of phenolic OH excluding ortho intramolecular Hbond substituents is 1. The van der Waals surface area contributed by atoms with E-state index in [4.69, 9.17) is 5.73 Å². The van der Waals surface area contributed by atoms with Gasteiger partial charge in [0.25, 0.3) is 5.91 Å². The third-order valence-corrected chi connectivity index (χ3v) is 8.71. The fourth-order valence-corrected chi connectivity index (χ4v) is 6.62. The zero-order valence-electron chi connectivity index (χ0n) is 22.6. The van der Waals surface area contributed by atoms with E-state index in [0.717, 1.165) is 12.2 Å². The van der Waals surface area contributed by atoms with Gasteiger partial charge in [0.1, 0.15) is 22.8 Å². The number of carbonyl (C=O) groups is 3. The summed E-state index contributed by atoms with van der Waals surface area (Å²) in [6.45, 7) is 1.15. The van der Waals surface area contributed by atoms with Gasteiger partial charge in [0.2, 0.25) is 5.78 Å². The number of fused-ring (bicyclic) bond motifs is 3. The lowest BCUT2D eigenvalue weighted by Crippen LogP contribution is -2.63. The standard InChI is InChI=1S/C28H36N4O7/c1-31(2)17-9-14(11-30-10-12-5-6-12)22(33)19-15(17)7-13-8-16-21(32(3)4)24(35)20(27(29)38)26(37)28(16,39)25(36)18(13)23(19)34/h9,12-13,16,21,30,33,35-36,39H,5-8,10-11H2,1-4H3,(H2,29,38)/t13-,16-,21-,28-/m0/s1. The Kier molecular flexibility index (Phi) is 6.52. The maximum atomic E-state index is 14.0. The number of carbonyl (C=O) groups excluding carboxylic acids is 3. The molecule has 1 amide bonds. The van der Waals surface area contributed by atoms with Crippen molar-refractivity contribution in [2.24, 2.45) is 23.5 Å². The summed E-state index contributed by atoms with van der Waals surface area (Å²) in [6, 6.07) is 0.840. The molecule has 1 aromatic rings. The molecule has 5 rings (SSSR count). The molecule has 4 aliphatic carbocycles. The number of aliphatic hydroxyl groups excluding tert-OH is 2. The summed E-state index contributed by atoms with van der Waals surface area (Å²) in [5, 5.41) is 48.7. The summed E-state index contributed by atoms with van der Waals surface area (Å²) in [5.74, 6) is -5.83. The average Bonchev–Trinajstić information content (AvgIpc) is 3.66. The number of phenols is 1. The molecule has 4 atom stereocenters. The molecular weight excluding hydrogens is 504 g/mol. The molecule has 7 N–H and O–H groups in total. The van der Waals surface area contributed by atoms with Crippen molar-refractivity contribution in [3.05, 3.63) is 45.4 Å². The number of benzene rings is 1. The lowest BCUT2D eigenvalue weighted by Gasteiger charge is -2.50. The molecule has 0 bridgehead atoms. The summed E-state index contributed by atoms with van der Waals surface area (Å²) in [6.07, 6.45) is 2.65. The first-order valence-electron chi connectivity index (χ1n) is 13.2. The van der Waals surface area contributed by atoms with Crippen molar-refractivity contribution in [1.82, 2.24) is 10.2 Å². The molecule has 4 aliphatic rings. The number of aliphatic hydroxyl groups is 3. The summed E-state index contributed by atoms with van der Waals surface area (Å²) >= 11 is 0. The first kappa shape index (κ1) is 27.2. The van der Waals surface area contributed by atoms with E-state index in [1.807, 2.05) is 25.1 Å². The summed E-state index contributed by atoms with van der Waals surface area (Å²) in [5.41, 5.74) is 3.70. The minimum Gasteiger partial charge on any atom is -0.510 e. The maximum Gasteiger partial charge on any atom is 0.255 e. The number of rotatable bonds is 7. The Morgan fingerprint density at radius 3 is 2.38 bits per heavy atom. The zero-order chi connectivity index (χ0) is 28.5. The van der Waals surface area contributed by atoms with Crippen LogP contribution in [-0.2, 0) is 22.6 Å². The van der Waals surface area contributed by atoms with Crippen molar-refractivity contribution < 1.29 is 34.8 Å². The molecule has 0 unspecified atom stereocenters. The monoisotopic (exact) mass is 540 g/mol. The molecule has 0 spiro atoms. The number of nitrogens with zero attached hydrogens (tertiary/aromatic N) is 2. The quantitative estimate of drug-likeness (QED) is 0.270. The molecule has 39 heavy (non-hydrogen) atoms. The molecule has 210 valence electrons.